The van der Waals surface area contributed by atoms with Crippen molar-refractivity contribution in [2.75, 3.05) is 7.11 Å². The Balaban J connectivity index is 2.50. The van der Waals surface area contributed by atoms with Crippen molar-refractivity contribution in [1.29, 1.82) is 5.26 Å². The Bertz CT molecular complexity index is 739. The van der Waals surface area contributed by atoms with Gasteiger partial charge in [0.15, 0.2) is 5.78 Å². The van der Waals surface area contributed by atoms with E-state index in [2.05, 4.69) is 31.9 Å². The number of benzene rings is 1. The number of thiophene rings is 1. The molecule has 3 nitrogen and oxygen atoms in total. The number of nitriles is 1. The summed E-state index contributed by atoms with van der Waals surface area (Å²) in [6.45, 7) is 0. The molecule has 0 bridgehead atoms. The van der Waals surface area contributed by atoms with Gasteiger partial charge in [0.25, 0.3) is 0 Å². The molecule has 1 unspecified atom stereocenters. The van der Waals surface area contributed by atoms with Crippen LogP contribution < -0.4 is 4.74 Å². The summed E-state index contributed by atoms with van der Waals surface area (Å²) in [5.41, 5.74) is 0.923. The molecule has 0 aliphatic rings. The number of ether oxygens (including phenoxy) is 1. The molecular formula is C14H8Br2ClNO2S. The highest BCUT2D eigenvalue weighted by Gasteiger charge is 2.27. The SMILES string of the molecule is COc1ccc(Cl)cc1C(C#N)C(=O)c1cc(Br)sc1Br. The van der Waals surface area contributed by atoms with Crippen molar-refractivity contribution in [2.45, 2.75) is 5.92 Å². The normalized spacial score (nSPS) is 11.8. The van der Waals surface area contributed by atoms with E-state index in [1.807, 2.05) is 6.07 Å². The van der Waals surface area contributed by atoms with E-state index < -0.39 is 5.92 Å². The predicted octanol–water partition coefficient (Wildman–Crippen LogP) is 5.43. The average Bonchev–Trinajstić information content (AvgIpc) is 2.78. The standard InChI is InChI=1S/C14H8Br2ClNO2S/c1-20-11-3-2-7(17)4-8(11)10(6-18)13(19)9-5-12(15)21-14(9)16/h2-5,10H,1H3. The van der Waals surface area contributed by atoms with Gasteiger partial charge in [-0.05, 0) is 56.1 Å². The van der Waals surface area contributed by atoms with Crippen molar-refractivity contribution < 1.29 is 9.53 Å². The summed E-state index contributed by atoms with van der Waals surface area (Å²) in [6, 6.07) is 8.61. The quantitative estimate of drug-likeness (QED) is 0.585. The predicted molar refractivity (Wildman–Crippen MR) is 90.4 cm³/mol. The summed E-state index contributed by atoms with van der Waals surface area (Å²) in [6.07, 6.45) is 0. The molecule has 2 aromatic rings. The molecule has 1 heterocycles. The fraction of sp³-hybridized carbons (Fsp3) is 0.143. The first-order valence-corrected chi connectivity index (χ1v) is 8.48. The van der Waals surface area contributed by atoms with Gasteiger partial charge in [-0.15, -0.1) is 11.3 Å². The summed E-state index contributed by atoms with van der Waals surface area (Å²) < 4.78 is 6.72. The molecule has 0 fully saturated rings. The Labute approximate surface area is 147 Å². The lowest BCUT2D eigenvalue weighted by Gasteiger charge is -2.13. The third-order valence-corrected chi connectivity index (χ3v) is 5.39. The zero-order valence-corrected chi connectivity index (χ0v) is 15.4. The molecule has 0 aliphatic carbocycles. The van der Waals surface area contributed by atoms with Crippen LogP contribution in [0.1, 0.15) is 21.8 Å². The van der Waals surface area contributed by atoms with Crippen LogP contribution in [-0.2, 0) is 0 Å². The van der Waals surface area contributed by atoms with Gasteiger partial charge < -0.3 is 4.74 Å². The molecule has 7 heteroatoms. The van der Waals surface area contributed by atoms with Crippen LogP contribution in [0.5, 0.6) is 5.75 Å². The average molecular weight is 450 g/mol. The van der Waals surface area contributed by atoms with Crippen LogP contribution in [0.2, 0.25) is 5.02 Å². The monoisotopic (exact) mass is 447 g/mol. The maximum atomic E-state index is 12.6. The number of rotatable bonds is 4. The highest BCUT2D eigenvalue weighted by atomic mass is 79.9. The van der Waals surface area contributed by atoms with Crippen molar-refractivity contribution >= 4 is 60.6 Å². The molecule has 0 spiro atoms. The molecule has 2 rings (SSSR count). The Morgan fingerprint density at radius 1 is 1.43 bits per heavy atom. The topological polar surface area (TPSA) is 50.1 Å². The molecule has 1 atom stereocenters. The zero-order valence-electron chi connectivity index (χ0n) is 10.7. The van der Waals surface area contributed by atoms with Gasteiger partial charge in [-0.3, -0.25) is 4.79 Å². The summed E-state index contributed by atoms with van der Waals surface area (Å²) in [5, 5.41) is 9.88. The van der Waals surface area contributed by atoms with Gasteiger partial charge in [-0.25, -0.2) is 0 Å². The molecule has 21 heavy (non-hydrogen) atoms. The van der Waals surface area contributed by atoms with E-state index >= 15 is 0 Å². The first-order valence-electron chi connectivity index (χ1n) is 5.70. The van der Waals surface area contributed by atoms with Crippen LogP contribution in [0.25, 0.3) is 0 Å². The highest BCUT2D eigenvalue weighted by Crippen LogP contribution is 2.37. The molecule has 0 saturated heterocycles. The van der Waals surface area contributed by atoms with E-state index in [1.165, 1.54) is 18.4 Å². The second-order valence-electron chi connectivity index (χ2n) is 4.05. The van der Waals surface area contributed by atoms with Gasteiger partial charge in [-0.2, -0.15) is 5.26 Å². The Hall–Kier alpha value is -0.870. The molecule has 0 amide bonds. The first kappa shape index (κ1) is 16.5. The lowest BCUT2D eigenvalue weighted by molar-refractivity contribution is 0.0977. The number of nitrogens with zero attached hydrogens (tertiary/aromatic N) is 1. The first-order chi connectivity index (χ1) is 9.97. The second-order valence-corrected chi connectivity index (χ2v) is 8.24. The summed E-state index contributed by atoms with van der Waals surface area (Å²) in [5.74, 6) is -0.812. The van der Waals surface area contributed by atoms with Crippen LogP contribution in [-0.4, -0.2) is 12.9 Å². The third-order valence-electron chi connectivity index (χ3n) is 2.82. The zero-order chi connectivity index (χ0) is 15.6. The number of ketones is 1. The maximum Gasteiger partial charge on any atom is 0.186 e. The molecule has 1 aromatic heterocycles. The van der Waals surface area contributed by atoms with Crippen molar-refractivity contribution in [1.82, 2.24) is 0 Å². The molecule has 0 aliphatic heterocycles. The van der Waals surface area contributed by atoms with E-state index in [0.29, 0.717) is 25.7 Å². The lowest BCUT2D eigenvalue weighted by Crippen LogP contribution is -2.12. The molecule has 0 N–H and O–H groups in total. The summed E-state index contributed by atoms with van der Waals surface area (Å²) in [7, 11) is 1.49. The lowest BCUT2D eigenvalue weighted by atomic mass is 9.92. The minimum atomic E-state index is -0.976. The number of halogens is 3. The van der Waals surface area contributed by atoms with E-state index in [4.69, 9.17) is 16.3 Å². The van der Waals surface area contributed by atoms with Gasteiger partial charge in [-0.1, -0.05) is 11.6 Å². The number of Topliss-reactive ketones (excluding diaryl/α,β-unsaturated/α-hetero) is 1. The molecule has 108 valence electrons. The fourth-order valence-electron chi connectivity index (χ4n) is 1.86. The van der Waals surface area contributed by atoms with E-state index in [1.54, 1.807) is 24.3 Å². The van der Waals surface area contributed by atoms with Crippen LogP contribution in [0, 0.1) is 11.3 Å². The molecule has 0 saturated carbocycles. The Kier molecular flexibility index (Phi) is 5.44. The Morgan fingerprint density at radius 2 is 2.14 bits per heavy atom. The number of carbonyl (C=O) groups excluding carboxylic acids is 1. The van der Waals surface area contributed by atoms with E-state index in [0.717, 1.165) is 3.79 Å². The summed E-state index contributed by atoms with van der Waals surface area (Å²) >= 11 is 14.0. The Morgan fingerprint density at radius 3 is 2.67 bits per heavy atom. The minimum absolute atomic E-state index is 0.299. The van der Waals surface area contributed by atoms with Crippen molar-refractivity contribution in [3.63, 3.8) is 0 Å². The smallest absolute Gasteiger partial charge is 0.186 e. The third kappa shape index (κ3) is 3.49. The van der Waals surface area contributed by atoms with E-state index in [9.17, 15) is 10.1 Å². The van der Waals surface area contributed by atoms with Crippen LogP contribution in [0.4, 0.5) is 0 Å². The number of carbonyl (C=O) groups is 1. The number of hydrogen-bond acceptors (Lipinski definition) is 4. The van der Waals surface area contributed by atoms with Gasteiger partial charge in [0, 0.05) is 16.1 Å². The van der Waals surface area contributed by atoms with Crippen LogP contribution in [0.3, 0.4) is 0 Å². The highest BCUT2D eigenvalue weighted by molar-refractivity contribution is 9.12. The number of hydrogen-bond donors (Lipinski definition) is 0. The van der Waals surface area contributed by atoms with Crippen molar-refractivity contribution in [2.24, 2.45) is 0 Å². The van der Waals surface area contributed by atoms with Crippen LogP contribution in [0.15, 0.2) is 31.8 Å². The van der Waals surface area contributed by atoms with Gasteiger partial charge in [0.05, 0.1) is 20.8 Å². The molecule has 1 aromatic carbocycles. The maximum absolute atomic E-state index is 12.6. The van der Waals surface area contributed by atoms with E-state index in [-0.39, 0.29) is 5.78 Å². The minimum Gasteiger partial charge on any atom is -0.496 e. The molecule has 0 radical (unpaired) electrons. The van der Waals surface area contributed by atoms with Crippen LogP contribution >= 0.6 is 54.8 Å². The van der Waals surface area contributed by atoms with Gasteiger partial charge in [0.1, 0.15) is 11.7 Å². The molecular weight excluding hydrogens is 441 g/mol. The van der Waals surface area contributed by atoms with Gasteiger partial charge >= 0.3 is 0 Å². The van der Waals surface area contributed by atoms with Crippen molar-refractivity contribution in [3.8, 4) is 11.8 Å². The summed E-state index contributed by atoms with van der Waals surface area (Å²) in [4.78, 5) is 12.6. The largest absolute Gasteiger partial charge is 0.496 e. The van der Waals surface area contributed by atoms with Gasteiger partial charge in [0.2, 0.25) is 0 Å². The number of methoxy groups -OCH3 is 1. The fourth-order valence-corrected chi connectivity index (χ4v) is 4.86. The van der Waals surface area contributed by atoms with Crippen molar-refractivity contribution in [3.05, 3.63) is 48.0 Å². The second kappa shape index (κ2) is 6.93.